The van der Waals surface area contributed by atoms with E-state index in [-0.39, 0.29) is 0 Å². The van der Waals surface area contributed by atoms with E-state index in [1.54, 1.807) is 25.2 Å². The van der Waals surface area contributed by atoms with Crippen molar-refractivity contribution >= 4 is 16.8 Å². The third-order valence-corrected chi connectivity index (χ3v) is 0.590. The lowest BCUT2D eigenvalue weighted by Crippen LogP contribution is -1.70. The normalized spacial score (nSPS) is 7.80. The molecule has 0 saturated heterocycles. The van der Waals surface area contributed by atoms with Crippen molar-refractivity contribution in [3.05, 3.63) is 37.5 Å². The molecule has 0 unspecified atom stereocenters. The summed E-state index contributed by atoms with van der Waals surface area (Å²) in [5.41, 5.74) is 0. The summed E-state index contributed by atoms with van der Waals surface area (Å²) in [5.74, 6) is 0. The Hall–Kier alpha value is -0.820. The third-order valence-electron chi connectivity index (χ3n) is 0.464. The van der Waals surface area contributed by atoms with Gasteiger partial charge in [0.05, 0.1) is 0 Å². The summed E-state index contributed by atoms with van der Waals surface area (Å²) in [6.07, 6.45) is 6.16. The molecule has 2 heteroatoms. The molecule has 10 heavy (non-hydrogen) atoms. The summed E-state index contributed by atoms with van der Waals surface area (Å²) in [4.78, 5) is 9.72. The van der Waals surface area contributed by atoms with Gasteiger partial charge in [0.1, 0.15) is 0 Å². The summed E-state index contributed by atoms with van der Waals surface area (Å²) < 4.78 is 0. The van der Waals surface area contributed by atoms with Crippen LogP contribution in [0.4, 0.5) is 0 Å². The van der Waals surface area contributed by atoms with Crippen LogP contribution in [0.15, 0.2) is 37.5 Å². The Kier molecular flexibility index (Phi) is 13.2. The van der Waals surface area contributed by atoms with Gasteiger partial charge in [0.15, 0.2) is 0 Å². The second kappa shape index (κ2) is 11.0. The smallest absolute Gasteiger partial charge is 0.244 e. The van der Waals surface area contributed by atoms with Gasteiger partial charge in [0.2, 0.25) is 5.24 Å². The van der Waals surface area contributed by atoms with Crippen LogP contribution in [0.1, 0.15) is 6.92 Å². The van der Waals surface area contributed by atoms with Crippen molar-refractivity contribution in [2.24, 2.45) is 0 Å². The zero-order valence-corrected chi connectivity index (χ0v) is 6.77. The maximum absolute atomic E-state index is 9.72. The van der Waals surface area contributed by atoms with Crippen molar-refractivity contribution in [2.75, 3.05) is 0 Å². The van der Waals surface area contributed by atoms with Crippen molar-refractivity contribution in [2.45, 2.75) is 6.92 Å². The van der Waals surface area contributed by atoms with Crippen LogP contribution in [0.2, 0.25) is 0 Å². The van der Waals surface area contributed by atoms with Crippen molar-refractivity contribution < 1.29 is 4.79 Å². The van der Waals surface area contributed by atoms with E-state index in [2.05, 4.69) is 13.2 Å². The monoisotopic (exact) mass is 158 g/mol. The predicted molar refractivity (Wildman–Crippen MR) is 46.1 cm³/mol. The average molecular weight is 159 g/mol. The molecule has 0 aliphatic carbocycles. The van der Waals surface area contributed by atoms with Gasteiger partial charge in [-0.3, -0.25) is 4.79 Å². The standard InChI is InChI=1S/C4H5ClO.C4H6/c1-2-3-4(5)6;1-3-4-2/h2-3H,1H3;3-4H,1-2H2. The Morgan fingerprint density at radius 1 is 1.40 bits per heavy atom. The van der Waals surface area contributed by atoms with E-state index in [4.69, 9.17) is 11.6 Å². The van der Waals surface area contributed by atoms with Crippen LogP contribution in [-0.4, -0.2) is 5.24 Å². The molecular formula is C8H11ClO. The molecule has 0 aromatic carbocycles. The topological polar surface area (TPSA) is 17.1 Å². The molecule has 0 N–H and O–H groups in total. The molecule has 0 heterocycles. The average Bonchev–Trinajstić information content (AvgIpc) is 1.89. The second-order valence-electron chi connectivity index (χ2n) is 1.28. The SMILES string of the molecule is C=CC=C.CC=CC(=O)Cl. The highest BCUT2D eigenvalue weighted by Crippen LogP contribution is 1.78. The molecule has 0 aromatic rings. The fourth-order valence-electron chi connectivity index (χ4n) is 0.131. The van der Waals surface area contributed by atoms with Crippen LogP contribution in [0.3, 0.4) is 0 Å². The van der Waals surface area contributed by atoms with Gasteiger partial charge in [-0.15, -0.1) is 0 Å². The number of halogens is 1. The number of rotatable bonds is 2. The van der Waals surface area contributed by atoms with Crippen LogP contribution >= 0.6 is 11.6 Å². The summed E-state index contributed by atoms with van der Waals surface area (Å²) in [7, 11) is 0. The molecule has 56 valence electrons. The van der Waals surface area contributed by atoms with Crippen LogP contribution < -0.4 is 0 Å². The number of hydrogen-bond donors (Lipinski definition) is 0. The van der Waals surface area contributed by atoms with Gasteiger partial charge < -0.3 is 0 Å². The highest BCUT2D eigenvalue weighted by atomic mass is 35.5. The second-order valence-corrected chi connectivity index (χ2v) is 1.65. The molecule has 0 saturated carbocycles. The van der Waals surface area contributed by atoms with Crippen molar-refractivity contribution in [1.82, 2.24) is 0 Å². The minimum Gasteiger partial charge on any atom is -0.276 e. The molecule has 0 atom stereocenters. The third kappa shape index (κ3) is 27.1. The van der Waals surface area contributed by atoms with Gasteiger partial charge in [0, 0.05) is 0 Å². The molecule has 0 radical (unpaired) electrons. The molecule has 1 nitrogen and oxygen atoms in total. The minimum atomic E-state index is -0.419. The predicted octanol–water partition coefficient (Wildman–Crippen LogP) is 2.69. The van der Waals surface area contributed by atoms with E-state index in [0.717, 1.165) is 0 Å². The van der Waals surface area contributed by atoms with Gasteiger partial charge in [-0.1, -0.05) is 31.4 Å². The van der Waals surface area contributed by atoms with E-state index >= 15 is 0 Å². The summed E-state index contributed by atoms with van der Waals surface area (Å²) in [6.45, 7) is 8.46. The first-order valence-corrected chi connectivity index (χ1v) is 3.12. The quantitative estimate of drug-likeness (QED) is 0.343. The van der Waals surface area contributed by atoms with Gasteiger partial charge in [-0.05, 0) is 24.6 Å². The molecule has 0 bridgehead atoms. The summed E-state index contributed by atoms with van der Waals surface area (Å²) in [5, 5.41) is -0.419. The number of carbonyl (C=O) groups excluding carboxylic acids is 1. The lowest BCUT2D eigenvalue weighted by Gasteiger charge is -1.65. The van der Waals surface area contributed by atoms with E-state index in [1.807, 2.05) is 0 Å². The fraction of sp³-hybridized carbons (Fsp3) is 0.125. The first-order chi connectivity index (χ1) is 4.68. The Bertz CT molecular complexity index is 130. The molecule has 0 aromatic heterocycles. The van der Waals surface area contributed by atoms with Crippen LogP contribution in [0.5, 0.6) is 0 Å². The van der Waals surface area contributed by atoms with Gasteiger partial charge >= 0.3 is 0 Å². The van der Waals surface area contributed by atoms with Crippen LogP contribution in [-0.2, 0) is 4.79 Å². The first kappa shape index (κ1) is 11.9. The summed E-state index contributed by atoms with van der Waals surface area (Å²) in [6, 6.07) is 0. The van der Waals surface area contributed by atoms with Gasteiger partial charge in [0.25, 0.3) is 0 Å². The van der Waals surface area contributed by atoms with Crippen LogP contribution in [0, 0.1) is 0 Å². The van der Waals surface area contributed by atoms with E-state index in [9.17, 15) is 4.79 Å². The first-order valence-electron chi connectivity index (χ1n) is 2.74. The maximum atomic E-state index is 9.72. The Morgan fingerprint density at radius 2 is 1.80 bits per heavy atom. The number of allylic oxidation sites excluding steroid dienone is 4. The zero-order valence-electron chi connectivity index (χ0n) is 6.01. The van der Waals surface area contributed by atoms with Crippen molar-refractivity contribution in [3.63, 3.8) is 0 Å². The Labute approximate surface area is 66.7 Å². The highest BCUT2D eigenvalue weighted by molar-refractivity contribution is 6.66. The number of hydrogen-bond acceptors (Lipinski definition) is 1. The fourth-order valence-corrected chi connectivity index (χ4v) is 0.257. The number of carbonyl (C=O) groups is 1. The molecule has 0 aliphatic heterocycles. The van der Waals surface area contributed by atoms with E-state index in [0.29, 0.717) is 0 Å². The van der Waals surface area contributed by atoms with Crippen molar-refractivity contribution in [3.8, 4) is 0 Å². The minimum absolute atomic E-state index is 0.419. The largest absolute Gasteiger partial charge is 0.276 e. The van der Waals surface area contributed by atoms with Gasteiger partial charge in [-0.2, -0.15) is 0 Å². The molecule has 0 fully saturated rings. The van der Waals surface area contributed by atoms with Gasteiger partial charge in [-0.25, -0.2) is 0 Å². The zero-order chi connectivity index (χ0) is 8.41. The van der Waals surface area contributed by atoms with E-state index < -0.39 is 5.24 Å². The Balaban J connectivity index is 0. The molecule has 0 amide bonds. The van der Waals surface area contributed by atoms with Crippen LogP contribution in [0.25, 0.3) is 0 Å². The molecular weight excluding hydrogens is 148 g/mol. The van der Waals surface area contributed by atoms with Crippen molar-refractivity contribution in [1.29, 1.82) is 0 Å². The highest BCUT2D eigenvalue weighted by Gasteiger charge is 1.77. The molecule has 0 spiro atoms. The maximum Gasteiger partial charge on any atom is 0.244 e. The molecule has 0 rings (SSSR count). The summed E-state index contributed by atoms with van der Waals surface area (Å²) >= 11 is 4.85. The molecule has 0 aliphatic rings. The van der Waals surface area contributed by atoms with E-state index in [1.165, 1.54) is 6.08 Å². The lowest BCUT2D eigenvalue weighted by atomic mass is 10.6. The Morgan fingerprint density at radius 3 is 1.80 bits per heavy atom. The lowest BCUT2D eigenvalue weighted by molar-refractivity contribution is -0.107.